The van der Waals surface area contributed by atoms with E-state index in [4.69, 9.17) is 21.2 Å². The number of amides is 1. The van der Waals surface area contributed by atoms with E-state index in [9.17, 15) is 4.79 Å². The van der Waals surface area contributed by atoms with Gasteiger partial charge in [-0.2, -0.15) is 0 Å². The van der Waals surface area contributed by atoms with E-state index in [0.29, 0.717) is 17.4 Å². The van der Waals surface area contributed by atoms with Gasteiger partial charge in [-0.25, -0.2) is 15.3 Å². The normalized spacial score (nSPS) is 21.7. The standard InChI is InChI=1S/C23H28ClN5O3/c24-20-13-17(7-8-21(30)28-32-22-6-2-4-12-31-22)14-26-23(20)27-19-9-11-29(16-19)15-18-5-1-3-10-25-18/h1,3,5,7-8,10,13-14,19,22H,2,4,6,9,11-12,15-16H2,(H,26,27)(H,28,30)/t19-,22?/m1/s1. The minimum Gasteiger partial charge on any atom is -0.365 e. The molecule has 0 radical (unpaired) electrons. The van der Waals surface area contributed by atoms with Crippen molar-refractivity contribution in [2.75, 3.05) is 25.0 Å². The Balaban J connectivity index is 1.24. The van der Waals surface area contributed by atoms with Crippen LogP contribution in [-0.2, 0) is 20.9 Å². The fourth-order valence-corrected chi connectivity index (χ4v) is 4.02. The van der Waals surface area contributed by atoms with E-state index in [1.807, 2.05) is 24.4 Å². The summed E-state index contributed by atoms with van der Waals surface area (Å²) in [5.74, 6) is 0.284. The first-order valence-electron chi connectivity index (χ1n) is 11.0. The molecule has 2 fully saturated rings. The van der Waals surface area contributed by atoms with Crippen LogP contribution in [0, 0.1) is 0 Å². The molecule has 0 spiro atoms. The molecule has 2 N–H and O–H groups in total. The summed E-state index contributed by atoms with van der Waals surface area (Å²) in [6.45, 7) is 3.39. The molecular formula is C23H28ClN5O3. The maximum absolute atomic E-state index is 11.9. The number of nitrogens with one attached hydrogen (secondary N) is 2. The van der Waals surface area contributed by atoms with Crippen molar-refractivity contribution in [1.29, 1.82) is 0 Å². The quantitative estimate of drug-likeness (QED) is 0.464. The average Bonchev–Trinajstić information content (AvgIpc) is 3.26. The number of rotatable bonds is 8. The topological polar surface area (TPSA) is 88.6 Å². The SMILES string of the molecule is O=C(C=Cc1cnc(N[C@@H]2CCN(Cc3ccccn3)C2)c(Cl)c1)NOC1CCCCO1. The largest absolute Gasteiger partial charge is 0.365 e. The van der Waals surface area contributed by atoms with Crippen LogP contribution < -0.4 is 10.8 Å². The van der Waals surface area contributed by atoms with E-state index in [1.54, 1.807) is 18.3 Å². The zero-order valence-electron chi connectivity index (χ0n) is 17.9. The molecule has 1 amide bonds. The Morgan fingerprint density at radius 3 is 3.03 bits per heavy atom. The second-order valence-electron chi connectivity index (χ2n) is 8.00. The van der Waals surface area contributed by atoms with Crippen LogP contribution in [0.2, 0.25) is 5.02 Å². The zero-order valence-corrected chi connectivity index (χ0v) is 18.6. The fourth-order valence-electron chi connectivity index (χ4n) is 3.79. The lowest BCUT2D eigenvalue weighted by Gasteiger charge is -2.21. The predicted molar refractivity (Wildman–Crippen MR) is 123 cm³/mol. The van der Waals surface area contributed by atoms with E-state index in [2.05, 4.69) is 25.7 Å². The molecule has 2 aromatic rings. The molecule has 4 heterocycles. The van der Waals surface area contributed by atoms with Crippen molar-refractivity contribution in [3.63, 3.8) is 0 Å². The van der Waals surface area contributed by atoms with Crippen LogP contribution in [0.4, 0.5) is 5.82 Å². The molecule has 0 aliphatic carbocycles. The van der Waals surface area contributed by atoms with Crippen LogP contribution in [0.1, 0.15) is 36.9 Å². The third kappa shape index (κ3) is 6.74. The molecule has 4 rings (SSSR count). The monoisotopic (exact) mass is 457 g/mol. The number of carbonyl (C=O) groups is 1. The lowest BCUT2D eigenvalue weighted by atomic mass is 10.2. The summed E-state index contributed by atoms with van der Waals surface area (Å²) in [6, 6.07) is 8.04. The van der Waals surface area contributed by atoms with E-state index < -0.39 is 0 Å². The Morgan fingerprint density at radius 1 is 1.31 bits per heavy atom. The fraction of sp³-hybridized carbons (Fsp3) is 0.435. The van der Waals surface area contributed by atoms with Crippen molar-refractivity contribution >= 4 is 29.4 Å². The minimum atomic E-state index is -0.377. The first-order chi connectivity index (χ1) is 15.7. The highest BCUT2D eigenvalue weighted by molar-refractivity contribution is 6.33. The molecule has 170 valence electrons. The van der Waals surface area contributed by atoms with Gasteiger partial charge in [0.15, 0.2) is 6.29 Å². The van der Waals surface area contributed by atoms with Gasteiger partial charge in [-0.05, 0) is 49.1 Å². The molecule has 0 aromatic carbocycles. The van der Waals surface area contributed by atoms with E-state index in [1.165, 1.54) is 6.08 Å². The Labute approximate surface area is 192 Å². The van der Waals surface area contributed by atoms with Gasteiger partial charge in [0.2, 0.25) is 0 Å². The lowest BCUT2D eigenvalue weighted by molar-refractivity contribution is -0.198. The summed E-state index contributed by atoms with van der Waals surface area (Å²) in [7, 11) is 0. The highest BCUT2D eigenvalue weighted by atomic mass is 35.5. The number of pyridine rings is 2. The number of ether oxygens (including phenoxy) is 1. The van der Waals surface area contributed by atoms with Gasteiger partial charge in [-0.1, -0.05) is 17.7 Å². The molecule has 2 saturated heterocycles. The molecule has 2 aliphatic heterocycles. The van der Waals surface area contributed by atoms with Crippen molar-refractivity contribution in [3.05, 3.63) is 59.0 Å². The van der Waals surface area contributed by atoms with Crippen LogP contribution in [-0.4, -0.2) is 52.8 Å². The Kier molecular flexibility index (Phi) is 8.06. The Morgan fingerprint density at radius 2 is 2.25 bits per heavy atom. The number of hydroxylamine groups is 1. The molecule has 8 nitrogen and oxygen atoms in total. The Bertz CT molecular complexity index is 921. The smallest absolute Gasteiger partial charge is 0.267 e. The van der Waals surface area contributed by atoms with Gasteiger partial charge in [-0.3, -0.25) is 14.7 Å². The van der Waals surface area contributed by atoms with Gasteiger partial charge < -0.3 is 10.1 Å². The van der Waals surface area contributed by atoms with E-state index in [0.717, 1.165) is 56.6 Å². The van der Waals surface area contributed by atoms with Crippen LogP contribution in [0.15, 0.2) is 42.7 Å². The van der Waals surface area contributed by atoms with Gasteiger partial charge in [0.1, 0.15) is 5.82 Å². The second kappa shape index (κ2) is 11.4. The molecule has 2 aromatic heterocycles. The molecule has 0 saturated carbocycles. The van der Waals surface area contributed by atoms with Crippen LogP contribution in [0.25, 0.3) is 6.08 Å². The van der Waals surface area contributed by atoms with Crippen molar-refractivity contribution in [3.8, 4) is 0 Å². The summed E-state index contributed by atoms with van der Waals surface area (Å²) in [6.07, 6.45) is 10.0. The maximum atomic E-state index is 11.9. The van der Waals surface area contributed by atoms with Crippen molar-refractivity contribution in [1.82, 2.24) is 20.3 Å². The predicted octanol–water partition coefficient (Wildman–Crippen LogP) is 3.40. The third-order valence-corrected chi connectivity index (χ3v) is 5.73. The van der Waals surface area contributed by atoms with Crippen LogP contribution >= 0.6 is 11.6 Å². The number of anilines is 1. The molecule has 2 aliphatic rings. The zero-order chi connectivity index (χ0) is 22.2. The molecule has 32 heavy (non-hydrogen) atoms. The highest BCUT2D eigenvalue weighted by Crippen LogP contribution is 2.24. The highest BCUT2D eigenvalue weighted by Gasteiger charge is 2.23. The van der Waals surface area contributed by atoms with Crippen molar-refractivity contribution in [2.24, 2.45) is 0 Å². The average molecular weight is 458 g/mol. The van der Waals surface area contributed by atoms with Gasteiger partial charge in [0.25, 0.3) is 5.91 Å². The number of carbonyl (C=O) groups excluding carboxylic acids is 1. The van der Waals surface area contributed by atoms with Crippen LogP contribution in [0.5, 0.6) is 0 Å². The molecule has 9 heteroatoms. The van der Waals surface area contributed by atoms with Gasteiger partial charge in [-0.15, -0.1) is 0 Å². The summed E-state index contributed by atoms with van der Waals surface area (Å²) >= 11 is 6.43. The molecule has 1 unspecified atom stereocenters. The number of hydrogen-bond acceptors (Lipinski definition) is 7. The summed E-state index contributed by atoms with van der Waals surface area (Å²) < 4.78 is 5.41. The first-order valence-corrected chi connectivity index (χ1v) is 11.3. The van der Waals surface area contributed by atoms with Gasteiger partial charge in [0, 0.05) is 57.2 Å². The summed E-state index contributed by atoms with van der Waals surface area (Å²) in [5.41, 5.74) is 4.19. The number of aromatic nitrogens is 2. The third-order valence-electron chi connectivity index (χ3n) is 5.44. The van der Waals surface area contributed by atoms with Crippen molar-refractivity contribution < 1.29 is 14.4 Å². The van der Waals surface area contributed by atoms with Crippen molar-refractivity contribution in [2.45, 2.75) is 44.6 Å². The molecular weight excluding hydrogens is 430 g/mol. The number of hydrogen-bond donors (Lipinski definition) is 2. The Hall–Kier alpha value is -2.52. The van der Waals surface area contributed by atoms with E-state index in [-0.39, 0.29) is 18.2 Å². The van der Waals surface area contributed by atoms with E-state index >= 15 is 0 Å². The molecule has 2 atom stereocenters. The second-order valence-corrected chi connectivity index (χ2v) is 8.41. The van der Waals surface area contributed by atoms with Gasteiger partial charge >= 0.3 is 0 Å². The maximum Gasteiger partial charge on any atom is 0.267 e. The summed E-state index contributed by atoms with van der Waals surface area (Å²) in [5, 5.41) is 3.95. The lowest BCUT2D eigenvalue weighted by Crippen LogP contribution is -2.32. The van der Waals surface area contributed by atoms with Crippen LogP contribution in [0.3, 0.4) is 0 Å². The molecule has 0 bridgehead atoms. The first kappa shape index (κ1) is 22.7. The number of likely N-dealkylation sites (tertiary alicyclic amines) is 1. The minimum absolute atomic E-state index is 0.273. The summed E-state index contributed by atoms with van der Waals surface area (Å²) in [4.78, 5) is 28.4. The number of halogens is 1. The van der Waals surface area contributed by atoms with Gasteiger partial charge in [0.05, 0.1) is 10.7 Å². The number of nitrogens with zero attached hydrogens (tertiary/aromatic N) is 3.